The Hall–Kier alpha value is -4.55. The molecule has 192 valence electrons. The Kier molecular flexibility index (Phi) is 7.02. The average Bonchev–Trinajstić information content (AvgIpc) is 3.24. The minimum Gasteiger partial charge on any atom is -0.491 e. The SMILES string of the molecule is O=C1S/C(=C\c2ccc(OCc3cccc4ccccc34)cc2)C(=O)N1CCOc1cccc2ccccc12. The summed E-state index contributed by atoms with van der Waals surface area (Å²) in [4.78, 5) is 27.1. The fraction of sp³-hybridized carbons (Fsp3) is 0.0909. The molecule has 1 aliphatic rings. The number of hydrogen-bond donors (Lipinski definition) is 0. The number of benzene rings is 5. The highest BCUT2D eigenvalue weighted by molar-refractivity contribution is 8.18. The van der Waals surface area contributed by atoms with Crippen LogP contribution in [0.5, 0.6) is 11.5 Å². The van der Waals surface area contributed by atoms with Gasteiger partial charge in [0.25, 0.3) is 11.1 Å². The minimum absolute atomic E-state index is 0.187. The summed E-state index contributed by atoms with van der Waals surface area (Å²) in [5.41, 5.74) is 1.94. The van der Waals surface area contributed by atoms with Gasteiger partial charge in [-0.1, -0.05) is 91.0 Å². The molecule has 1 saturated heterocycles. The summed E-state index contributed by atoms with van der Waals surface area (Å²) in [7, 11) is 0. The van der Waals surface area contributed by atoms with Crippen molar-refractivity contribution in [2.24, 2.45) is 0 Å². The maximum Gasteiger partial charge on any atom is 0.293 e. The molecule has 0 aliphatic carbocycles. The second-order valence-corrected chi connectivity index (χ2v) is 10.1. The van der Waals surface area contributed by atoms with Crippen molar-refractivity contribution in [2.45, 2.75) is 6.61 Å². The van der Waals surface area contributed by atoms with Gasteiger partial charge < -0.3 is 9.47 Å². The maximum absolute atomic E-state index is 12.9. The van der Waals surface area contributed by atoms with Gasteiger partial charge in [0.15, 0.2) is 0 Å². The number of hydrogen-bond acceptors (Lipinski definition) is 5. The minimum atomic E-state index is -0.303. The number of rotatable bonds is 8. The lowest BCUT2D eigenvalue weighted by Gasteiger charge is -2.14. The molecule has 5 nitrogen and oxygen atoms in total. The molecule has 1 fully saturated rings. The van der Waals surface area contributed by atoms with Crippen molar-refractivity contribution in [3.05, 3.63) is 125 Å². The highest BCUT2D eigenvalue weighted by Crippen LogP contribution is 2.33. The summed E-state index contributed by atoms with van der Waals surface area (Å²) >= 11 is 0.950. The molecule has 6 rings (SSSR count). The van der Waals surface area contributed by atoms with E-state index >= 15 is 0 Å². The standard InChI is InChI=1S/C33H25NO4S/c35-32-31(39-33(36)34(32)19-20-37-30-14-6-10-25-8-2-4-13-29(25)30)21-23-15-17-27(18-16-23)38-22-26-11-5-9-24-7-1-3-12-28(24)26/h1-18,21H,19-20,22H2/b31-21-. The Morgan fingerprint density at radius 1 is 0.692 bits per heavy atom. The van der Waals surface area contributed by atoms with Gasteiger partial charge in [-0.15, -0.1) is 0 Å². The van der Waals surface area contributed by atoms with E-state index in [1.54, 1.807) is 6.08 Å². The average molecular weight is 532 g/mol. The van der Waals surface area contributed by atoms with Gasteiger partial charge >= 0.3 is 0 Å². The lowest BCUT2D eigenvalue weighted by molar-refractivity contribution is -0.123. The van der Waals surface area contributed by atoms with Crippen molar-refractivity contribution in [1.29, 1.82) is 0 Å². The molecule has 0 saturated carbocycles. The van der Waals surface area contributed by atoms with E-state index in [0.29, 0.717) is 11.5 Å². The van der Waals surface area contributed by atoms with Gasteiger partial charge in [0.1, 0.15) is 24.7 Å². The summed E-state index contributed by atoms with van der Waals surface area (Å²) in [6.45, 7) is 0.870. The molecule has 0 atom stereocenters. The molecule has 6 heteroatoms. The first-order chi connectivity index (χ1) is 19.2. The summed E-state index contributed by atoms with van der Waals surface area (Å²) in [6.07, 6.45) is 1.74. The first-order valence-electron chi connectivity index (χ1n) is 12.7. The van der Waals surface area contributed by atoms with Gasteiger partial charge in [-0.05, 0) is 63.3 Å². The number of thioether (sulfide) groups is 1. The summed E-state index contributed by atoms with van der Waals surface area (Å²) in [5, 5.41) is 4.15. The number of nitrogens with zero attached hydrogens (tertiary/aromatic N) is 1. The van der Waals surface area contributed by atoms with Crippen molar-refractivity contribution in [1.82, 2.24) is 4.90 Å². The normalized spacial score (nSPS) is 14.5. The zero-order valence-corrected chi connectivity index (χ0v) is 21.9. The molecule has 0 unspecified atom stereocenters. The number of carbonyl (C=O) groups is 2. The summed E-state index contributed by atoms with van der Waals surface area (Å²) in [6, 6.07) is 35.8. The number of ether oxygens (including phenoxy) is 2. The zero-order chi connectivity index (χ0) is 26.6. The lowest BCUT2D eigenvalue weighted by atomic mass is 10.1. The molecule has 0 spiro atoms. The van der Waals surface area contributed by atoms with Crippen LogP contribution in [-0.2, 0) is 11.4 Å². The van der Waals surface area contributed by atoms with E-state index in [-0.39, 0.29) is 24.3 Å². The first-order valence-corrected chi connectivity index (χ1v) is 13.5. The van der Waals surface area contributed by atoms with Crippen LogP contribution in [0.4, 0.5) is 4.79 Å². The van der Waals surface area contributed by atoms with Crippen molar-refractivity contribution >= 4 is 50.5 Å². The van der Waals surface area contributed by atoms with Gasteiger partial charge in [0, 0.05) is 5.39 Å². The van der Waals surface area contributed by atoms with Crippen LogP contribution in [-0.4, -0.2) is 29.2 Å². The number of amides is 2. The van der Waals surface area contributed by atoms with Crippen molar-refractivity contribution in [2.75, 3.05) is 13.2 Å². The van der Waals surface area contributed by atoms with E-state index in [2.05, 4.69) is 24.3 Å². The van der Waals surface area contributed by atoms with Crippen molar-refractivity contribution < 1.29 is 19.1 Å². The van der Waals surface area contributed by atoms with Crippen LogP contribution in [0.2, 0.25) is 0 Å². The van der Waals surface area contributed by atoms with E-state index in [9.17, 15) is 9.59 Å². The van der Waals surface area contributed by atoms with Gasteiger partial charge in [-0.25, -0.2) is 0 Å². The molecule has 39 heavy (non-hydrogen) atoms. The lowest BCUT2D eigenvalue weighted by Crippen LogP contribution is -2.32. The third-order valence-electron chi connectivity index (χ3n) is 6.65. The predicted octanol–water partition coefficient (Wildman–Crippen LogP) is 7.69. The maximum atomic E-state index is 12.9. The fourth-order valence-corrected chi connectivity index (χ4v) is 5.52. The number of fused-ring (bicyclic) bond motifs is 2. The molecule has 0 radical (unpaired) electrons. The van der Waals surface area contributed by atoms with Crippen LogP contribution >= 0.6 is 11.8 Å². The fourth-order valence-electron chi connectivity index (χ4n) is 4.65. The van der Waals surface area contributed by atoms with Crippen LogP contribution in [0.3, 0.4) is 0 Å². The molecule has 0 N–H and O–H groups in total. The van der Waals surface area contributed by atoms with Crippen LogP contribution in [0.25, 0.3) is 27.6 Å². The largest absolute Gasteiger partial charge is 0.491 e. The third kappa shape index (κ3) is 5.38. The molecule has 1 aliphatic heterocycles. The predicted molar refractivity (Wildman–Crippen MR) is 157 cm³/mol. The van der Waals surface area contributed by atoms with Gasteiger partial charge in [-0.2, -0.15) is 0 Å². The Morgan fingerprint density at radius 2 is 1.36 bits per heavy atom. The Labute approximate surface area is 230 Å². The first kappa shape index (κ1) is 24.8. The topological polar surface area (TPSA) is 55.8 Å². The summed E-state index contributed by atoms with van der Waals surface area (Å²) in [5.74, 6) is 1.17. The molecule has 0 bridgehead atoms. The molecule has 1 heterocycles. The van der Waals surface area contributed by atoms with Crippen LogP contribution in [0, 0.1) is 0 Å². The van der Waals surface area contributed by atoms with E-state index in [0.717, 1.165) is 45.2 Å². The van der Waals surface area contributed by atoms with E-state index in [1.165, 1.54) is 15.7 Å². The number of carbonyl (C=O) groups excluding carboxylic acids is 2. The molecular weight excluding hydrogens is 506 g/mol. The molecule has 5 aromatic carbocycles. The highest BCUT2D eigenvalue weighted by atomic mass is 32.2. The van der Waals surface area contributed by atoms with Gasteiger partial charge in [-0.3, -0.25) is 14.5 Å². The monoisotopic (exact) mass is 531 g/mol. The second kappa shape index (κ2) is 11.1. The van der Waals surface area contributed by atoms with Gasteiger partial charge in [0.05, 0.1) is 11.4 Å². The van der Waals surface area contributed by atoms with Crippen LogP contribution in [0.1, 0.15) is 11.1 Å². The molecule has 2 amide bonds. The van der Waals surface area contributed by atoms with Crippen molar-refractivity contribution in [3.8, 4) is 11.5 Å². The third-order valence-corrected chi connectivity index (χ3v) is 7.56. The molecule has 0 aromatic heterocycles. The zero-order valence-electron chi connectivity index (χ0n) is 21.1. The van der Waals surface area contributed by atoms with Crippen molar-refractivity contribution in [3.63, 3.8) is 0 Å². The second-order valence-electron chi connectivity index (χ2n) is 9.16. The quantitative estimate of drug-likeness (QED) is 0.192. The van der Waals surface area contributed by atoms with Gasteiger partial charge in [0.2, 0.25) is 0 Å². The highest BCUT2D eigenvalue weighted by Gasteiger charge is 2.34. The van der Waals surface area contributed by atoms with Crippen LogP contribution in [0.15, 0.2) is 114 Å². The molecular formula is C33H25NO4S. The summed E-state index contributed by atoms with van der Waals surface area (Å²) < 4.78 is 12.0. The van der Waals surface area contributed by atoms with E-state index in [4.69, 9.17) is 9.47 Å². The van der Waals surface area contributed by atoms with E-state index < -0.39 is 0 Å². The Bertz CT molecular complexity index is 1700. The molecule has 5 aromatic rings. The van der Waals surface area contributed by atoms with Crippen LogP contribution < -0.4 is 9.47 Å². The Balaban J connectivity index is 1.07. The van der Waals surface area contributed by atoms with E-state index in [1.807, 2.05) is 84.9 Å². The Morgan fingerprint density at radius 3 is 2.15 bits per heavy atom. The smallest absolute Gasteiger partial charge is 0.293 e. The number of imide groups is 1.